The molecule has 1 aromatic heterocycles. The van der Waals surface area contributed by atoms with E-state index < -0.39 is 10.0 Å². The molecule has 8 nitrogen and oxygen atoms in total. The number of hydrogen-bond acceptors (Lipinski definition) is 6. The van der Waals surface area contributed by atoms with E-state index in [1.807, 2.05) is 36.4 Å². The number of sulfonamides is 1. The van der Waals surface area contributed by atoms with E-state index in [0.29, 0.717) is 39.3 Å². The normalized spacial score (nSPS) is 11.5. The molecule has 0 saturated heterocycles. The summed E-state index contributed by atoms with van der Waals surface area (Å²) in [5.74, 6) is 0.807. The molecule has 0 aliphatic heterocycles. The SMILES string of the molecule is COc1ccc(-c2cc(C(=O)Nc3ccc(S(=O)(=O)N(C)C)cc3)c3ccccc3n2)cc1OC. The Morgan fingerprint density at radius 2 is 1.57 bits per heavy atom. The number of amides is 1. The number of benzene rings is 3. The van der Waals surface area contributed by atoms with Crippen LogP contribution in [-0.2, 0) is 10.0 Å². The maximum absolute atomic E-state index is 13.3. The second-order valence-electron chi connectivity index (χ2n) is 7.91. The Morgan fingerprint density at radius 3 is 2.23 bits per heavy atom. The largest absolute Gasteiger partial charge is 0.493 e. The molecule has 0 fully saturated rings. The first-order valence-corrected chi connectivity index (χ1v) is 12.1. The number of pyridine rings is 1. The van der Waals surface area contributed by atoms with Crippen molar-refractivity contribution in [3.8, 4) is 22.8 Å². The molecule has 4 rings (SSSR count). The van der Waals surface area contributed by atoms with E-state index >= 15 is 0 Å². The average Bonchev–Trinajstić information content (AvgIpc) is 2.87. The Labute approximate surface area is 204 Å². The van der Waals surface area contributed by atoms with Gasteiger partial charge in [0, 0.05) is 30.7 Å². The first-order valence-electron chi connectivity index (χ1n) is 10.7. The van der Waals surface area contributed by atoms with Crippen LogP contribution in [0.4, 0.5) is 5.69 Å². The standard InChI is InChI=1S/C26H25N3O5S/c1-29(2)35(31,32)19-12-10-18(11-13-19)27-26(30)21-16-23(28-22-8-6-5-7-20(21)22)17-9-14-24(33-3)25(15-17)34-4/h5-16H,1-4H3,(H,27,30). The summed E-state index contributed by atoms with van der Waals surface area (Å²) in [5, 5.41) is 3.55. The van der Waals surface area contributed by atoms with Crippen molar-refractivity contribution in [2.75, 3.05) is 33.6 Å². The van der Waals surface area contributed by atoms with Gasteiger partial charge in [-0.25, -0.2) is 17.7 Å². The molecule has 0 unspecified atom stereocenters. The monoisotopic (exact) mass is 491 g/mol. The number of ether oxygens (including phenoxy) is 2. The van der Waals surface area contributed by atoms with Gasteiger partial charge in [-0.05, 0) is 54.6 Å². The smallest absolute Gasteiger partial charge is 0.256 e. The van der Waals surface area contributed by atoms with Gasteiger partial charge in [-0.1, -0.05) is 18.2 Å². The van der Waals surface area contributed by atoms with Crippen LogP contribution >= 0.6 is 0 Å². The van der Waals surface area contributed by atoms with Crippen molar-refractivity contribution in [1.29, 1.82) is 0 Å². The molecule has 0 atom stereocenters. The molecular formula is C26H25N3O5S. The molecule has 0 aliphatic rings. The Kier molecular flexibility index (Phi) is 6.72. The van der Waals surface area contributed by atoms with Crippen molar-refractivity contribution in [2.24, 2.45) is 0 Å². The van der Waals surface area contributed by atoms with Crippen LogP contribution in [0.2, 0.25) is 0 Å². The van der Waals surface area contributed by atoms with E-state index in [4.69, 9.17) is 14.5 Å². The summed E-state index contributed by atoms with van der Waals surface area (Å²) in [6.07, 6.45) is 0. The molecule has 4 aromatic rings. The van der Waals surface area contributed by atoms with E-state index in [-0.39, 0.29) is 10.8 Å². The van der Waals surface area contributed by atoms with Crippen LogP contribution in [0.1, 0.15) is 10.4 Å². The van der Waals surface area contributed by atoms with Gasteiger partial charge >= 0.3 is 0 Å². The van der Waals surface area contributed by atoms with E-state index in [1.165, 1.54) is 26.2 Å². The number of rotatable bonds is 7. The fourth-order valence-electron chi connectivity index (χ4n) is 3.63. The first kappa shape index (κ1) is 24.2. The van der Waals surface area contributed by atoms with Crippen molar-refractivity contribution >= 4 is 32.5 Å². The van der Waals surface area contributed by atoms with E-state index in [0.717, 1.165) is 9.87 Å². The molecule has 0 saturated carbocycles. The summed E-state index contributed by atoms with van der Waals surface area (Å²) in [7, 11) is 2.50. The molecular weight excluding hydrogens is 466 g/mol. The lowest BCUT2D eigenvalue weighted by atomic mass is 10.0. The number of hydrogen-bond donors (Lipinski definition) is 1. The predicted molar refractivity (Wildman–Crippen MR) is 136 cm³/mol. The summed E-state index contributed by atoms with van der Waals surface area (Å²) in [5.41, 5.74) is 2.94. The van der Waals surface area contributed by atoms with Crippen molar-refractivity contribution in [2.45, 2.75) is 4.90 Å². The lowest BCUT2D eigenvalue weighted by molar-refractivity contribution is 0.102. The third kappa shape index (κ3) is 4.82. The molecule has 9 heteroatoms. The molecule has 0 radical (unpaired) electrons. The number of anilines is 1. The van der Waals surface area contributed by atoms with Crippen molar-refractivity contribution in [3.05, 3.63) is 78.4 Å². The average molecular weight is 492 g/mol. The number of methoxy groups -OCH3 is 2. The summed E-state index contributed by atoms with van der Waals surface area (Å²) >= 11 is 0. The highest BCUT2D eigenvalue weighted by Gasteiger charge is 2.18. The summed E-state index contributed by atoms with van der Waals surface area (Å²) < 4.78 is 36.5. The zero-order valence-electron chi connectivity index (χ0n) is 19.8. The maximum Gasteiger partial charge on any atom is 0.256 e. The van der Waals surface area contributed by atoms with Gasteiger partial charge in [-0.3, -0.25) is 4.79 Å². The van der Waals surface area contributed by atoms with Crippen molar-refractivity contribution in [1.82, 2.24) is 9.29 Å². The zero-order chi connectivity index (χ0) is 25.2. The number of carbonyl (C=O) groups is 1. The number of nitrogens with one attached hydrogen (secondary N) is 1. The Morgan fingerprint density at radius 1 is 0.886 bits per heavy atom. The number of aromatic nitrogens is 1. The van der Waals surface area contributed by atoms with Crippen LogP contribution in [0.15, 0.2) is 77.7 Å². The number of fused-ring (bicyclic) bond motifs is 1. The fraction of sp³-hybridized carbons (Fsp3) is 0.154. The third-order valence-corrected chi connectivity index (χ3v) is 7.36. The summed E-state index contributed by atoms with van der Waals surface area (Å²) in [6, 6.07) is 20.6. The van der Waals surface area contributed by atoms with Gasteiger partial charge < -0.3 is 14.8 Å². The molecule has 3 aromatic carbocycles. The van der Waals surface area contributed by atoms with Gasteiger partial charge in [0.2, 0.25) is 10.0 Å². The van der Waals surface area contributed by atoms with Gasteiger partial charge in [0.1, 0.15) is 0 Å². The predicted octanol–water partition coefficient (Wildman–Crippen LogP) is 4.42. The van der Waals surface area contributed by atoms with E-state index in [2.05, 4.69) is 5.32 Å². The minimum Gasteiger partial charge on any atom is -0.493 e. The molecule has 1 amide bonds. The first-order chi connectivity index (χ1) is 16.7. The third-order valence-electron chi connectivity index (χ3n) is 5.53. The van der Waals surface area contributed by atoms with Crippen LogP contribution in [0.3, 0.4) is 0 Å². The second kappa shape index (κ2) is 9.73. The topological polar surface area (TPSA) is 97.8 Å². The minimum atomic E-state index is -3.56. The number of carbonyl (C=O) groups excluding carboxylic acids is 1. The van der Waals surface area contributed by atoms with Crippen molar-refractivity contribution < 1.29 is 22.7 Å². The van der Waals surface area contributed by atoms with E-state index in [1.54, 1.807) is 38.5 Å². The van der Waals surface area contributed by atoms with Crippen LogP contribution in [0.25, 0.3) is 22.2 Å². The van der Waals surface area contributed by atoms with E-state index in [9.17, 15) is 13.2 Å². The number of nitrogens with zero attached hydrogens (tertiary/aromatic N) is 2. The molecule has 1 heterocycles. The molecule has 35 heavy (non-hydrogen) atoms. The highest BCUT2D eigenvalue weighted by molar-refractivity contribution is 7.89. The fourth-order valence-corrected chi connectivity index (χ4v) is 4.53. The molecule has 0 bridgehead atoms. The molecule has 0 aliphatic carbocycles. The quantitative estimate of drug-likeness (QED) is 0.411. The van der Waals surface area contributed by atoms with Gasteiger partial charge in [-0.15, -0.1) is 0 Å². The highest BCUT2D eigenvalue weighted by atomic mass is 32.2. The summed E-state index contributed by atoms with van der Waals surface area (Å²) in [4.78, 5) is 18.2. The summed E-state index contributed by atoms with van der Waals surface area (Å²) in [6.45, 7) is 0. The van der Waals surface area contributed by atoms with Crippen LogP contribution in [-0.4, -0.2) is 51.9 Å². The van der Waals surface area contributed by atoms with Crippen molar-refractivity contribution in [3.63, 3.8) is 0 Å². The zero-order valence-corrected chi connectivity index (χ0v) is 20.6. The molecule has 180 valence electrons. The number of para-hydroxylation sites is 1. The lowest BCUT2D eigenvalue weighted by Crippen LogP contribution is -2.22. The Balaban J connectivity index is 1.72. The van der Waals surface area contributed by atoms with Gasteiger partial charge in [0.25, 0.3) is 5.91 Å². The van der Waals surface area contributed by atoms with Gasteiger partial charge in [0.05, 0.1) is 35.9 Å². The Bertz CT molecular complexity index is 1500. The van der Waals surface area contributed by atoms with Crippen LogP contribution in [0.5, 0.6) is 11.5 Å². The van der Waals surface area contributed by atoms with Crippen LogP contribution in [0, 0.1) is 0 Å². The highest BCUT2D eigenvalue weighted by Crippen LogP contribution is 2.33. The second-order valence-corrected chi connectivity index (χ2v) is 10.1. The van der Waals surface area contributed by atoms with Gasteiger partial charge in [0.15, 0.2) is 11.5 Å². The minimum absolute atomic E-state index is 0.144. The van der Waals surface area contributed by atoms with Crippen LogP contribution < -0.4 is 14.8 Å². The maximum atomic E-state index is 13.3. The molecule has 1 N–H and O–H groups in total. The molecule has 0 spiro atoms. The Hall–Kier alpha value is -3.95. The van der Waals surface area contributed by atoms with Gasteiger partial charge in [-0.2, -0.15) is 0 Å². The lowest BCUT2D eigenvalue weighted by Gasteiger charge is -2.13.